The number of halogens is 1. The zero-order valence-corrected chi connectivity index (χ0v) is 8.50. The summed E-state index contributed by atoms with van der Waals surface area (Å²) < 4.78 is 13.2. The number of nitrogens with two attached hydrogens (primary N) is 1. The fourth-order valence-corrected chi connectivity index (χ4v) is 1.17. The summed E-state index contributed by atoms with van der Waals surface area (Å²) >= 11 is 0. The highest BCUT2D eigenvalue weighted by Gasteiger charge is 2.12. The van der Waals surface area contributed by atoms with Crippen LogP contribution in [0.4, 0.5) is 10.2 Å². The second kappa shape index (κ2) is 4.91. The number of nitrogens with zero attached hydrogens (tertiary/aromatic N) is 1. The number of hydrogen-bond donors (Lipinski definition) is 2. The molecule has 0 fully saturated rings. The second-order valence-corrected chi connectivity index (χ2v) is 3.34. The Kier molecular flexibility index (Phi) is 3.83. The summed E-state index contributed by atoms with van der Waals surface area (Å²) in [7, 11) is 0. The quantitative estimate of drug-likeness (QED) is 0.773. The molecule has 0 saturated heterocycles. The third-order valence-electron chi connectivity index (χ3n) is 2.24. The van der Waals surface area contributed by atoms with Crippen molar-refractivity contribution in [3.63, 3.8) is 0 Å². The van der Waals surface area contributed by atoms with E-state index >= 15 is 0 Å². The first-order valence-corrected chi connectivity index (χ1v) is 4.77. The van der Waals surface area contributed by atoms with E-state index < -0.39 is 0 Å². The molecule has 0 aliphatic heterocycles. The van der Waals surface area contributed by atoms with E-state index in [1.165, 1.54) is 6.07 Å². The molecule has 1 aromatic rings. The lowest BCUT2D eigenvalue weighted by Gasteiger charge is -2.20. The number of aromatic nitrogens is 1. The Morgan fingerprint density at radius 3 is 2.93 bits per heavy atom. The maximum absolute atomic E-state index is 13.2. The Labute approximate surface area is 83.5 Å². The molecule has 14 heavy (non-hydrogen) atoms. The molecule has 0 aliphatic rings. The third kappa shape index (κ3) is 2.67. The van der Waals surface area contributed by atoms with E-state index in [0.717, 1.165) is 6.42 Å². The van der Waals surface area contributed by atoms with Gasteiger partial charge in [0.2, 0.25) is 0 Å². The SMILES string of the molecule is CCC(N)C(C)Nc1ncccc1F. The predicted molar refractivity (Wildman–Crippen MR) is 55.5 cm³/mol. The van der Waals surface area contributed by atoms with Gasteiger partial charge in [0.15, 0.2) is 11.6 Å². The van der Waals surface area contributed by atoms with Crippen molar-refractivity contribution >= 4 is 5.82 Å². The highest BCUT2D eigenvalue weighted by molar-refractivity contribution is 5.36. The van der Waals surface area contributed by atoms with E-state index in [2.05, 4.69) is 10.3 Å². The van der Waals surface area contributed by atoms with Gasteiger partial charge in [-0.05, 0) is 25.5 Å². The van der Waals surface area contributed by atoms with Gasteiger partial charge in [0.05, 0.1) is 0 Å². The van der Waals surface area contributed by atoms with Crippen molar-refractivity contribution < 1.29 is 4.39 Å². The fraction of sp³-hybridized carbons (Fsp3) is 0.500. The van der Waals surface area contributed by atoms with Crippen LogP contribution >= 0.6 is 0 Å². The molecule has 0 aromatic carbocycles. The number of nitrogens with one attached hydrogen (secondary N) is 1. The topological polar surface area (TPSA) is 50.9 Å². The van der Waals surface area contributed by atoms with Crippen LogP contribution in [-0.4, -0.2) is 17.1 Å². The van der Waals surface area contributed by atoms with E-state index in [9.17, 15) is 4.39 Å². The molecule has 1 heterocycles. The fourth-order valence-electron chi connectivity index (χ4n) is 1.17. The first-order valence-electron chi connectivity index (χ1n) is 4.77. The Balaban J connectivity index is 2.64. The molecule has 0 aliphatic carbocycles. The second-order valence-electron chi connectivity index (χ2n) is 3.34. The van der Waals surface area contributed by atoms with Crippen LogP contribution in [0.3, 0.4) is 0 Å². The van der Waals surface area contributed by atoms with Gasteiger partial charge >= 0.3 is 0 Å². The first-order chi connectivity index (χ1) is 6.65. The first kappa shape index (κ1) is 10.9. The maximum Gasteiger partial charge on any atom is 0.165 e. The van der Waals surface area contributed by atoms with E-state index in [0.29, 0.717) is 0 Å². The lowest BCUT2D eigenvalue weighted by molar-refractivity contribution is 0.561. The van der Waals surface area contributed by atoms with Gasteiger partial charge in [-0.25, -0.2) is 9.37 Å². The lowest BCUT2D eigenvalue weighted by atomic mass is 10.1. The Morgan fingerprint density at radius 1 is 1.64 bits per heavy atom. The summed E-state index contributed by atoms with van der Waals surface area (Å²) in [5, 5.41) is 2.95. The molecule has 0 amide bonds. The van der Waals surface area contributed by atoms with Gasteiger partial charge in [0.1, 0.15) is 0 Å². The van der Waals surface area contributed by atoms with Crippen LogP contribution in [0, 0.1) is 5.82 Å². The Hall–Kier alpha value is -1.16. The predicted octanol–water partition coefficient (Wildman–Crippen LogP) is 1.76. The van der Waals surface area contributed by atoms with Crippen LogP contribution < -0.4 is 11.1 Å². The molecule has 78 valence electrons. The van der Waals surface area contributed by atoms with Crippen molar-refractivity contribution in [3.05, 3.63) is 24.1 Å². The van der Waals surface area contributed by atoms with E-state index in [-0.39, 0.29) is 23.7 Å². The number of rotatable bonds is 4. The van der Waals surface area contributed by atoms with Crippen LogP contribution in [0.1, 0.15) is 20.3 Å². The van der Waals surface area contributed by atoms with Gasteiger partial charge in [0.25, 0.3) is 0 Å². The maximum atomic E-state index is 13.2. The number of hydrogen-bond acceptors (Lipinski definition) is 3. The Bertz CT molecular complexity index is 290. The zero-order chi connectivity index (χ0) is 10.6. The minimum Gasteiger partial charge on any atom is -0.364 e. The van der Waals surface area contributed by atoms with Crippen molar-refractivity contribution in [2.24, 2.45) is 5.73 Å². The largest absolute Gasteiger partial charge is 0.364 e. The number of anilines is 1. The zero-order valence-electron chi connectivity index (χ0n) is 8.50. The van der Waals surface area contributed by atoms with Crippen molar-refractivity contribution in [2.75, 3.05) is 5.32 Å². The van der Waals surface area contributed by atoms with Crippen molar-refractivity contribution in [1.82, 2.24) is 4.98 Å². The van der Waals surface area contributed by atoms with Crippen LogP contribution in [0.2, 0.25) is 0 Å². The summed E-state index contributed by atoms with van der Waals surface area (Å²) in [6.45, 7) is 3.92. The van der Waals surface area contributed by atoms with Crippen molar-refractivity contribution in [1.29, 1.82) is 0 Å². The highest BCUT2D eigenvalue weighted by Crippen LogP contribution is 2.11. The molecule has 3 N–H and O–H groups in total. The van der Waals surface area contributed by atoms with Gasteiger partial charge in [0, 0.05) is 18.3 Å². The van der Waals surface area contributed by atoms with Crippen molar-refractivity contribution in [2.45, 2.75) is 32.4 Å². The van der Waals surface area contributed by atoms with Gasteiger partial charge in [-0.2, -0.15) is 0 Å². The van der Waals surface area contributed by atoms with Gasteiger partial charge in [-0.1, -0.05) is 6.92 Å². The van der Waals surface area contributed by atoms with Crippen LogP contribution in [0.25, 0.3) is 0 Å². The Morgan fingerprint density at radius 2 is 2.36 bits per heavy atom. The normalized spacial score (nSPS) is 14.9. The molecule has 4 heteroatoms. The molecule has 0 saturated carbocycles. The van der Waals surface area contributed by atoms with Gasteiger partial charge in [-0.3, -0.25) is 0 Å². The summed E-state index contributed by atoms with van der Waals surface area (Å²) in [4.78, 5) is 3.89. The molecule has 2 atom stereocenters. The van der Waals surface area contributed by atoms with E-state index in [1.807, 2.05) is 13.8 Å². The average molecular weight is 197 g/mol. The molecule has 3 nitrogen and oxygen atoms in total. The van der Waals surface area contributed by atoms with Crippen LogP contribution in [0.15, 0.2) is 18.3 Å². The van der Waals surface area contributed by atoms with Crippen LogP contribution in [-0.2, 0) is 0 Å². The lowest BCUT2D eigenvalue weighted by Crippen LogP contribution is -2.37. The minimum atomic E-state index is -0.345. The van der Waals surface area contributed by atoms with Gasteiger partial charge < -0.3 is 11.1 Å². The summed E-state index contributed by atoms with van der Waals surface area (Å²) in [5.74, 6) is -0.0773. The molecule has 1 aromatic heterocycles. The highest BCUT2D eigenvalue weighted by atomic mass is 19.1. The molecule has 0 radical (unpaired) electrons. The average Bonchev–Trinajstić information content (AvgIpc) is 2.20. The summed E-state index contributed by atoms with van der Waals surface area (Å²) in [6, 6.07) is 2.96. The minimum absolute atomic E-state index is 0.0106. The van der Waals surface area contributed by atoms with Crippen LogP contribution in [0.5, 0.6) is 0 Å². The smallest absolute Gasteiger partial charge is 0.165 e. The molecule has 1 rings (SSSR count). The van der Waals surface area contributed by atoms with E-state index in [4.69, 9.17) is 5.73 Å². The molecule has 2 unspecified atom stereocenters. The molecule has 0 bridgehead atoms. The van der Waals surface area contributed by atoms with Crippen molar-refractivity contribution in [3.8, 4) is 0 Å². The number of pyridine rings is 1. The molecule has 0 spiro atoms. The van der Waals surface area contributed by atoms with Gasteiger partial charge in [-0.15, -0.1) is 0 Å². The third-order valence-corrected chi connectivity index (χ3v) is 2.24. The monoisotopic (exact) mass is 197 g/mol. The standard InChI is InChI=1S/C10H16FN3/c1-3-9(12)7(2)14-10-8(11)5-4-6-13-10/h4-7,9H,3,12H2,1-2H3,(H,13,14). The summed E-state index contributed by atoms with van der Waals surface area (Å²) in [5.41, 5.74) is 5.80. The van der Waals surface area contributed by atoms with E-state index in [1.54, 1.807) is 12.3 Å². The molecular formula is C10H16FN3. The summed E-state index contributed by atoms with van der Waals surface area (Å²) in [6.07, 6.45) is 2.40. The molecular weight excluding hydrogens is 181 g/mol.